The highest BCUT2D eigenvalue weighted by molar-refractivity contribution is 6.34. The maximum atomic E-state index is 13.8. The van der Waals surface area contributed by atoms with Gasteiger partial charge in [0.1, 0.15) is 22.3 Å². The standard InChI is InChI=1S/C15H8ClF3N2/c1-7-2-3-8(4-11(7)18)15-20-13-10(14(16)21-15)5-9(17)6-12(13)19/h2-6H,1H3. The van der Waals surface area contributed by atoms with Crippen LogP contribution in [0.1, 0.15) is 5.56 Å². The second-order valence-corrected chi connectivity index (χ2v) is 4.94. The Morgan fingerprint density at radius 2 is 1.71 bits per heavy atom. The minimum atomic E-state index is -0.844. The Labute approximate surface area is 123 Å². The van der Waals surface area contributed by atoms with Gasteiger partial charge in [0.2, 0.25) is 0 Å². The number of rotatable bonds is 1. The van der Waals surface area contributed by atoms with Crippen molar-refractivity contribution in [3.8, 4) is 11.4 Å². The number of hydrogen-bond donors (Lipinski definition) is 0. The first-order valence-electron chi connectivity index (χ1n) is 6.04. The molecule has 2 nitrogen and oxygen atoms in total. The molecule has 0 aliphatic heterocycles. The van der Waals surface area contributed by atoms with Crippen LogP contribution in [-0.2, 0) is 0 Å². The van der Waals surface area contributed by atoms with Gasteiger partial charge in [-0.1, -0.05) is 23.7 Å². The van der Waals surface area contributed by atoms with E-state index in [1.165, 1.54) is 6.07 Å². The molecule has 0 N–H and O–H groups in total. The summed E-state index contributed by atoms with van der Waals surface area (Å²) in [6, 6.07) is 6.18. The molecule has 0 bridgehead atoms. The number of fused-ring (bicyclic) bond motifs is 1. The van der Waals surface area contributed by atoms with Crippen LogP contribution in [0.2, 0.25) is 5.15 Å². The van der Waals surface area contributed by atoms with E-state index in [4.69, 9.17) is 11.6 Å². The summed E-state index contributed by atoms with van der Waals surface area (Å²) in [7, 11) is 0. The molecule has 3 rings (SSSR count). The van der Waals surface area contributed by atoms with Crippen LogP contribution in [0.5, 0.6) is 0 Å². The summed E-state index contributed by atoms with van der Waals surface area (Å²) in [6.07, 6.45) is 0. The Morgan fingerprint density at radius 3 is 2.43 bits per heavy atom. The molecule has 0 fully saturated rings. The third-order valence-corrected chi connectivity index (χ3v) is 3.39. The van der Waals surface area contributed by atoms with Gasteiger partial charge >= 0.3 is 0 Å². The number of aryl methyl sites for hydroxylation is 1. The number of benzene rings is 2. The summed E-state index contributed by atoms with van der Waals surface area (Å²) in [5.41, 5.74) is 0.733. The Kier molecular flexibility index (Phi) is 3.29. The SMILES string of the molecule is Cc1ccc(-c2nc(Cl)c3cc(F)cc(F)c3n2)cc1F. The topological polar surface area (TPSA) is 25.8 Å². The van der Waals surface area contributed by atoms with Gasteiger partial charge in [0.25, 0.3) is 0 Å². The first kappa shape index (κ1) is 13.8. The molecule has 1 aromatic heterocycles. The molecule has 0 atom stereocenters. The summed E-state index contributed by atoms with van der Waals surface area (Å²) in [5, 5.41) is -0.0140. The van der Waals surface area contributed by atoms with Crippen molar-refractivity contribution in [3.63, 3.8) is 0 Å². The van der Waals surface area contributed by atoms with Crippen LogP contribution in [0.15, 0.2) is 30.3 Å². The normalized spacial score (nSPS) is 11.1. The molecule has 0 aliphatic rings. The Morgan fingerprint density at radius 1 is 0.952 bits per heavy atom. The molecule has 106 valence electrons. The number of halogens is 4. The monoisotopic (exact) mass is 308 g/mol. The number of nitrogens with zero attached hydrogens (tertiary/aromatic N) is 2. The first-order valence-corrected chi connectivity index (χ1v) is 6.42. The molecule has 0 saturated carbocycles. The fraction of sp³-hybridized carbons (Fsp3) is 0.0667. The maximum absolute atomic E-state index is 13.8. The Bertz CT molecular complexity index is 865. The molecular weight excluding hydrogens is 301 g/mol. The third kappa shape index (κ3) is 2.45. The highest BCUT2D eigenvalue weighted by Crippen LogP contribution is 2.28. The Balaban J connectivity index is 2.27. The lowest BCUT2D eigenvalue weighted by atomic mass is 10.1. The van der Waals surface area contributed by atoms with Crippen molar-refractivity contribution in [2.75, 3.05) is 0 Å². The van der Waals surface area contributed by atoms with Gasteiger partial charge in [0, 0.05) is 17.0 Å². The molecule has 0 aliphatic carbocycles. The fourth-order valence-electron chi connectivity index (χ4n) is 1.98. The number of hydrogen-bond acceptors (Lipinski definition) is 2. The summed E-state index contributed by atoms with van der Waals surface area (Å²) in [5.74, 6) is -1.95. The van der Waals surface area contributed by atoms with Gasteiger partial charge in [0.15, 0.2) is 11.6 Å². The molecule has 6 heteroatoms. The summed E-state index contributed by atoms with van der Waals surface area (Å²) in [4.78, 5) is 7.99. The fourth-order valence-corrected chi connectivity index (χ4v) is 2.21. The van der Waals surface area contributed by atoms with Crippen molar-refractivity contribution < 1.29 is 13.2 Å². The van der Waals surface area contributed by atoms with Crippen molar-refractivity contribution in [1.82, 2.24) is 9.97 Å². The predicted octanol–water partition coefficient (Wildman–Crippen LogP) is 4.68. The molecule has 0 radical (unpaired) electrons. The van der Waals surface area contributed by atoms with Gasteiger partial charge in [0.05, 0.1) is 0 Å². The van der Waals surface area contributed by atoms with Gasteiger partial charge in [-0.25, -0.2) is 23.1 Å². The minimum Gasteiger partial charge on any atom is -0.225 e. The second-order valence-electron chi connectivity index (χ2n) is 4.59. The summed E-state index contributed by atoms with van der Waals surface area (Å²) in [6.45, 7) is 1.62. The van der Waals surface area contributed by atoms with Gasteiger partial charge in [-0.15, -0.1) is 0 Å². The van der Waals surface area contributed by atoms with E-state index in [0.717, 1.165) is 6.07 Å². The van der Waals surface area contributed by atoms with Crippen molar-refractivity contribution in [2.45, 2.75) is 6.92 Å². The average Bonchev–Trinajstić information content (AvgIpc) is 2.43. The van der Waals surface area contributed by atoms with Crippen LogP contribution >= 0.6 is 11.6 Å². The minimum absolute atomic E-state index is 0.0745. The van der Waals surface area contributed by atoms with Gasteiger partial charge in [-0.2, -0.15) is 0 Å². The lowest BCUT2D eigenvalue weighted by Crippen LogP contribution is -1.96. The van der Waals surface area contributed by atoms with Crippen LogP contribution in [0.4, 0.5) is 13.2 Å². The van der Waals surface area contributed by atoms with Crippen LogP contribution in [0, 0.1) is 24.4 Å². The molecule has 1 heterocycles. The van der Waals surface area contributed by atoms with E-state index in [9.17, 15) is 13.2 Å². The molecule has 0 spiro atoms. The lowest BCUT2D eigenvalue weighted by molar-refractivity contribution is 0.590. The van der Waals surface area contributed by atoms with E-state index >= 15 is 0 Å². The number of aromatic nitrogens is 2. The van der Waals surface area contributed by atoms with Crippen molar-refractivity contribution in [3.05, 3.63) is 58.5 Å². The molecule has 3 aromatic rings. The molecule has 0 unspecified atom stereocenters. The van der Waals surface area contributed by atoms with Gasteiger partial charge < -0.3 is 0 Å². The van der Waals surface area contributed by atoms with Crippen molar-refractivity contribution in [2.24, 2.45) is 0 Å². The molecule has 21 heavy (non-hydrogen) atoms. The summed E-state index contributed by atoms with van der Waals surface area (Å²) < 4.78 is 40.6. The van der Waals surface area contributed by atoms with E-state index in [2.05, 4.69) is 9.97 Å². The zero-order valence-corrected chi connectivity index (χ0v) is 11.5. The Hall–Kier alpha value is -2.14. The van der Waals surface area contributed by atoms with Crippen LogP contribution in [-0.4, -0.2) is 9.97 Å². The van der Waals surface area contributed by atoms with E-state index in [1.54, 1.807) is 19.1 Å². The zero-order valence-electron chi connectivity index (χ0n) is 10.8. The zero-order chi connectivity index (χ0) is 15.1. The largest absolute Gasteiger partial charge is 0.225 e. The second kappa shape index (κ2) is 5.00. The average molecular weight is 309 g/mol. The van der Waals surface area contributed by atoms with E-state index in [-0.39, 0.29) is 21.9 Å². The lowest BCUT2D eigenvalue weighted by Gasteiger charge is -2.06. The molecule has 2 aromatic carbocycles. The van der Waals surface area contributed by atoms with E-state index in [0.29, 0.717) is 17.2 Å². The maximum Gasteiger partial charge on any atom is 0.161 e. The quantitative estimate of drug-likeness (QED) is 0.610. The molecule has 0 saturated heterocycles. The highest BCUT2D eigenvalue weighted by Gasteiger charge is 2.13. The summed E-state index contributed by atoms with van der Waals surface area (Å²) >= 11 is 5.95. The van der Waals surface area contributed by atoms with E-state index < -0.39 is 17.5 Å². The smallest absolute Gasteiger partial charge is 0.161 e. The van der Waals surface area contributed by atoms with Crippen LogP contribution in [0.25, 0.3) is 22.3 Å². The predicted molar refractivity (Wildman–Crippen MR) is 74.6 cm³/mol. The van der Waals surface area contributed by atoms with Crippen LogP contribution in [0.3, 0.4) is 0 Å². The third-order valence-electron chi connectivity index (χ3n) is 3.10. The van der Waals surface area contributed by atoms with E-state index in [1.807, 2.05) is 0 Å². The van der Waals surface area contributed by atoms with Gasteiger partial charge in [-0.05, 0) is 24.6 Å². The highest BCUT2D eigenvalue weighted by atomic mass is 35.5. The molecule has 0 amide bonds. The van der Waals surface area contributed by atoms with Gasteiger partial charge in [-0.3, -0.25) is 0 Å². The van der Waals surface area contributed by atoms with Crippen molar-refractivity contribution >= 4 is 22.5 Å². The van der Waals surface area contributed by atoms with Crippen LogP contribution < -0.4 is 0 Å². The van der Waals surface area contributed by atoms with Crippen molar-refractivity contribution in [1.29, 1.82) is 0 Å². The molecular formula is C15H8ClF3N2. The first-order chi connectivity index (χ1) is 9.95.